The SMILES string of the molecule is COC(=O)C1=C(Nc2ccccc2)CC(c2ccc([N+](=O)[O-])cc2)N(c2ccccc2)C1c1ccc([N+](=O)[O-])cc1. The first kappa shape index (κ1) is 27.1. The number of hydrogen-bond donors (Lipinski definition) is 1. The summed E-state index contributed by atoms with van der Waals surface area (Å²) >= 11 is 0. The maximum absolute atomic E-state index is 13.5. The summed E-state index contributed by atoms with van der Waals surface area (Å²) in [6, 6.07) is 30.3. The molecule has 206 valence electrons. The number of nitrogens with one attached hydrogen (secondary N) is 1. The summed E-state index contributed by atoms with van der Waals surface area (Å²) in [5.41, 5.74) is 3.85. The molecule has 4 aromatic carbocycles. The zero-order chi connectivity index (χ0) is 28.9. The van der Waals surface area contributed by atoms with Crippen molar-refractivity contribution in [3.63, 3.8) is 0 Å². The molecule has 1 heterocycles. The number of carbonyl (C=O) groups excluding carboxylic acids is 1. The number of methoxy groups -OCH3 is 1. The van der Waals surface area contributed by atoms with E-state index in [1.54, 1.807) is 24.3 Å². The van der Waals surface area contributed by atoms with Gasteiger partial charge in [-0.25, -0.2) is 4.79 Å². The highest BCUT2D eigenvalue weighted by molar-refractivity contribution is 5.93. The van der Waals surface area contributed by atoms with Crippen LogP contribution in [0.4, 0.5) is 22.7 Å². The lowest BCUT2D eigenvalue weighted by atomic mass is 9.84. The van der Waals surface area contributed by atoms with Crippen LogP contribution in [0.2, 0.25) is 0 Å². The Hall–Kier alpha value is -5.51. The molecule has 0 bridgehead atoms. The molecule has 1 N–H and O–H groups in total. The molecule has 0 spiro atoms. The van der Waals surface area contributed by atoms with Gasteiger partial charge in [-0.2, -0.15) is 0 Å². The number of esters is 1. The maximum atomic E-state index is 13.5. The summed E-state index contributed by atoms with van der Waals surface area (Å²) in [4.78, 5) is 37.5. The number of nitro benzene ring substituents is 2. The molecule has 5 rings (SSSR count). The highest BCUT2D eigenvalue weighted by Gasteiger charge is 2.42. The fourth-order valence-corrected chi connectivity index (χ4v) is 5.18. The summed E-state index contributed by atoms with van der Waals surface area (Å²) in [7, 11) is 1.32. The predicted molar refractivity (Wildman–Crippen MR) is 154 cm³/mol. The molecule has 0 saturated heterocycles. The normalized spacial score (nSPS) is 16.7. The molecule has 0 aromatic heterocycles. The van der Waals surface area contributed by atoms with Crippen molar-refractivity contribution in [3.8, 4) is 0 Å². The first-order valence-electron chi connectivity index (χ1n) is 12.8. The van der Waals surface area contributed by atoms with Crippen molar-refractivity contribution in [2.75, 3.05) is 17.3 Å². The van der Waals surface area contributed by atoms with Crippen LogP contribution in [0, 0.1) is 20.2 Å². The molecule has 0 amide bonds. The van der Waals surface area contributed by atoms with Crippen molar-refractivity contribution in [1.29, 1.82) is 0 Å². The van der Waals surface area contributed by atoms with Gasteiger partial charge in [0.1, 0.15) is 0 Å². The average molecular weight is 551 g/mol. The Labute approximate surface area is 235 Å². The molecule has 0 saturated carbocycles. The second-order valence-corrected chi connectivity index (χ2v) is 9.44. The van der Waals surface area contributed by atoms with Crippen molar-refractivity contribution in [2.45, 2.75) is 18.5 Å². The standard InChI is InChI=1S/C31H26N4O6/c1-41-31(36)29-27(32-23-8-4-2-5-9-23)20-28(21-12-16-25(17-13-21)34(37)38)33(24-10-6-3-7-11-24)30(29)22-14-18-26(19-15-22)35(39)40/h2-19,28,30,32H,20H2,1H3. The third-order valence-corrected chi connectivity index (χ3v) is 7.05. The van der Waals surface area contributed by atoms with E-state index in [1.807, 2.05) is 60.7 Å². The van der Waals surface area contributed by atoms with Gasteiger partial charge in [-0.1, -0.05) is 48.5 Å². The van der Waals surface area contributed by atoms with Gasteiger partial charge in [-0.15, -0.1) is 0 Å². The number of nitro groups is 2. The molecule has 1 aliphatic rings. The Morgan fingerprint density at radius 2 is 1.29 bits per heavy atom. The Kier molecular flexibility index (Phi) is 7.73. The molecule has 10 heteroatoms. The molecular formula is C31H26N4O6. The second kappa shape index (κ2) is 11.7. The van der Waals surface area contributed by atoms with E-state index in [0.717, 1.165) is 16.9 Å². The fourth-order valence-electron chi connectivity index (χ4n) is 5.18. The Morgan fingerprint density at radius 1 is 0.780 bits per heavy atom. The topological polar surface area (TPSA) is 128 Å². The summed E-state index contributed by atoms with van der Waals surface area (Å²) in [6.45, 7) is 0. The summed E-state index contributed by atoms with van der Waals surface area (Å²) in [5, 5.41) is 26.2. The minimum Gasteiger partial charge on any atom is -0.466 e. The molecule has 1 aliphatic heterocycles. The number of hydrogen-bond acceptors (Lipinski definition) is 8. The smallest absolute Gasteiger partial charge is 0.337 e. The number of benzene rings is 4. The van der Waals surface area contributed by atoms with Crippen LogP contribution in [0.3, 0.4) is 0 Å². The van der Waals surface area contributed by atoms with Crippen LogP contribution in [0.25, 0.3) is 0 Å². The van der Waals surface area contributed by atoms with Crippen LogP contribution in [0.5, 0.6) is 0 Å². The van der Waals surface area contributed by atoms with Gasteiger partial charge in [-0.3, -0.25) is 20.2 Å². The molecule has 2 atom stereocenters. The molecule has 0 fully saturated rings. The van der Waals surface area contributed by atoms with Crippen LogP contribution in [0.15, 0.2) is 120 Å². The minimum atomic E-state index is -0.717. The first-order chi connectivity index (χ1) is 19.9. The molecule has 4 aromatic rings. The number of para-hydroxylation sites is 2. The van der Waals surface area contributed by atoms with Crippen molar-refractivity contribution in [2.24, 2.45) is 0 Å². The number of non-ortho nitro benzene ring substituents is 2. The monoisotopic (exact) mass is 550 g/mol. The van der Waals surface area contributed by atoms with E-state index < -0.39 is 21.9 Å². The summed E-state index contributed by atoms with van der Waals surface area (Å²) in [6.07, 6.45) is 0.343. The molecule has 0 radical (unpaired) electrons. The third-order valence-electron chi connectivity index (χ3n) is 7.05. The van der Waals surface area contributed by atoms with Crippen LogP contribution in [0.1, 0.15) is 29.6 Å². The number of carbonyl (C=O) groups is 1. The lowest BCUT2D eigenvalue weighted by molar-refractivity contribution is -0.385. The number of nitrogens with zero attached hydrogens (tertiary/aromatic N) is 3. The molecule has 0 aliphatic carbocycles. The van der Waals surface area contributed by atoms with Gasteiger partial charge in [0.05, 0.1) is 34.6 Å². The van der Waals surface area contributed by atoms with E-state index in [0.29, 0.717) is 23.3 Å². The van der Waals surface area contributed by atoms with Crippen molar-refractivity contribution < 1.29 is 19.4 Å². The van der Waals surface area contributed by atoms with E-state index in [9.17, 15) is 25.0 Å². The lowest BCUT2D eigenvalue weighted by Crippen LogP contribution is -2.41. The van der Waals surface area contributed by atoms with E-state index in [4.69, 9.17) is 4.74 Å². The summed E-state index contributed by atoms with van der Waals surface area (Å²) < 4.78 is 5.29. The molecular weight excluding hydrogens is 524 g/mol. The third kappa shape index (κ3) is 5.62. The Morgan fingerprint density at radius 3 is 1.80 bits per heavy atom. The number of anilines is 2. The fraction of sp³-hybridized carbons (Fsp3) is 0.129. The predicted octanol–water partition coefficient (Wildman–Crippen LogP) is 6.73. The summed E-state index contributed by atoms with van der Waals surface area (Å²) in [5.74, 6) is -0.546. The van der Waals surface area contributed by atoms with Gasteiger partial charge in [0.15, 0.2) is 0 Å². The van der Waals surface area contributed by atoms with Crippen LogP contribution in [-0.4, -0.2) is 22.9 Å². The van der Waals surface area contributed by atoms with Gasteiger partial charge >= 0.3 is 5.97 Å². The number of rotatable bonds is 8. The van der Waals surface area contributed by atoms with E-state index >= 15 is 0 Å². The van der Waals surface area contributed by atoms with Crippen LogP contribution >= 0.6 is 0 Å². The van der Waals surface area contributed by atoms with Gasteiger partial charge in [0.2, 0.25) is 0 Å². The van der Waals surface area contributed by atoms with E-state index in [-0.39, 0.29) is 17.4 Å². The maximum Gasteiger partial charge on any atom is 0.337 e. The Balaban J connectivity index is 1.76. The molecule has 2 unspecified atom stereocenters. The second-order valence-electron chi connectivity index (χ2n) is 9.44. The first-order valence-corrected chi connectivity index (χ1v) is 12.8. The van der Waals surface area contributed by atoms with Gasteiger partial charge in [0.25, 0.3) is 11.4 Å². The zero-order valence-corrected chi connectivity index (χ0v) is 22.0. The van der Waals surface area contributed by atoms with E-state index in [2.05, 4.69) is 10.2 Å². The Bertz CT molecular complexity index is 1590. The van der Waals surface area contributed by atoms with Gasteiger partial charge in [-0.05, 0) is 47.5 Å². The van der Waals surface area contributed by atoms with Crippen molar-refractivity contribution in [3.05, 3.63) is 152 Å². The number of ether oxygens (including phenoxy) is 1. The largest absolute Gasteiger partial charge is 0.466 e. The van der Waals surface area contributed by atoms with Crippen molar-refractivity contribution in [1.82, 2.24) is 0 Å². The molecule has 41 heavy (non-hydrogen) atoms. The van der Waals surface area contributed by atoms with E-state index in [1.165, 1.54) is 31.4 Å². The minimum absolute atomic E-state index is 0.0313. The van der Waals surface area contributed by atoms with Gasteiger partial charge < -0.3 is 15.0 Å². The zero-order valence-electron chi connectivity index (χ0n) is 22.0. The van der Waals surface area contributed by atoms with Crippen LogP contribution < -0.4 is 10.2 Å². The molecule has 10 nitrogen and oxygen atoms in total. The average Bonchev–Trinajstić information content (AvgIpc) is 3.01. The lowest BCUT2D eigenvalue weighted by Gasteiger charge is -2.45. The van der Waals surface area contributed by atoms with Crippen LogP contribution in [-0.2, 0) is 9.53 Å². The highest BCUT2D eigenvalue weighted by atomic mass is 16.6. The quantitative estimate of drug-likeness (QED) is 0.145. The van der Waals surface area contributed by atoms with Crippen molar-refractivity contribution >= 4 is 28.7 Å². The van der Waals surface area contributed by atoms with Gasteiger partial charge in [0, 0.05) is 47.8 Å². The highest BCUT2D eigenvalue weighted by Crippen LogP contribution is 2.48.